The summed E-state index contributed by atoms with van der Waals surface area (Å²) in [7, 11) is -2.12. The fraction of sp³-hybridized carbons (Fsp3) is 0.636. The molecule has 0 unspecified atom stereocenters. The lowest BCUT2D eigenvalue weighted by Crippen LogP contribution is -2.33. The van der Waals surface area contributed by atoms with E-state index in [9.17, 15) is 8.42 Å². The van der Waals surface area contributed by atoms with Gasteiger partial charge in [0.1, 0.15) is 10.0 Å². The summed E-state index contributed by atoms with van der Waals surface area (Å²) >= 11 is 6.01. The first-order valence-electron chi connectivity index (χ1n) is 5.92. The number of aromatic nitrogens is 2. The highest BCUT2D eigenvalue weighted by molar-refractivity contribution is 7.89. The smallest absolute Gasteiger partial charge is 0.248 e. The van der Waals surface area contributed by atoms with E-state index in [2.05, 4.69) is 5.10 Å². The fourth-order valence-corrected chi connectivity index (χ4v) is 4.05. The van der Waals surface area contributed by atoms with Crippen molar-refractivity contribution in [2.24, 2.45) is 7.05 Å². The van der Waals surface area contributed by atoms with Gasteiger partial charge in [0.25, 0.3) is 0 Å². The number of nitrogens with zero attached hydrogens (tertiary/aromatic N) is 4. The van der Waals surface area contributed by atoms with Gasteiger partial charge in [-0.05, 0) is 13.3 Å². The van der Waals surface area contributed by atoms with E-state index in [1.165, 1.54) is 8.99 Å². The molecular formula is C11H17ClN4O2S. The Morgan fingerprint density at radius 2 is 2.11 bits per heavy atom. The van der Waals surface area contributed by atoms with Crippen LogP contribution in [0, 0.1) is 18.3 Å². The Hall–Kier alpha value is -1.10. The largest absolute Gasteiger partial charge is 0.255 e. The molecule has 0 saturated carbocycles. The number of nitriles is 1. The molecule has 0 N–H and O–H groups in total. The van der Waals surface area contributed by atoms with Crippen molar-refractivity contribution in [3.63, 3.8) is 0 Å². The molecule has 1 aromatic rings. The van der Waals surface area contributed by atoms with Crippen LogP contribution in [0.5, 0.6) is 0 Å². The third-order valence-electron chi connectivity index (χ3n) is 2.64. The zero-order valence-electron chi connectivity index (χ0n) is 11.2. The van der Waals surface area contributed by atoms with Gasteiger partial charge in [-0.15, -0.1) is 0 Å². The first-order chi connectivity index (χ1) is 8.86. The van der Waals surface area contributed by atoms with Gasteiger partial charge in [0.15, 0.2) is 0 Å². The summed E-state index contributed by atoms with van der Waals surface area (Å²) in [4.78, 5) is 0.0306. The molecule has 8 heteroatoms. The van der Waals surface area contributed by atoms with Gasteiger partial charge in [-0.25, -0.2) is 8.42 Å². The van der Waals surface area contributed by atoms with Crippen molar-refractivity contribution >= 4 is 21.6 Å². The molecule has 0 aromatic carbocycles. The van der Waals surface area contributed by atoms with Crippen molar-refractivity contribution in [3.8, 4) is 6.07 Å². The number of rotatable bonds is 6. The molecule has 0 aliphatic carbocycles. The molecule has 0 saturated heterocycles. The first-order valence-corrected chi connectivity index (χ1v) is 7.74. The summed E-state index contributed by atoms with van der Waals surface area (Å²) in [5.74, 6) is 0. The lowest BCUT2D eigenvalue weighted by molar-refractivity contribution is 0.417. The molecular weight excluding hydrogens is 288 g/mol. The monoisotopic (exact) mass is 304 g/mol. The maximum atomic E-state index is 12.6. The zero-order valence-corrected chi connectivity index (χ0v) is 12.8. The zero-order chi connectivity index (χ0) is 14.6. The van der Waals surface area contributed by atoms with Gasteiger partial charge in [-0.3, -0.25) is 4.68 Å². The van der Waals surface area contributed by atoms with E-state index in [1.807, 2.05) is 13.0 Å². The number of halogens is 1. The number of sulfonamides is 1. The molecule has 0 aliphatic heterocycles. The third-order valence-corrected chi connectivity index (χ3v) is 5.24. The quantitative estimate of drug-likeness (QED) is 0.801. The number of aryl methyl sites for hydroxylation is 2. The van der Waals surface area contributed by atoms with Gasteiger partial charge >= 0.3 is 0 Å². The predicted octanol–water partition coefficient (Wildman–Crippen LogP) is 1.70. The van der Waals surface area contributed by atoms with Crippen LogP contribution in [0.25, 0.3) is 0 Å². The minimum atomic E-state index is -3.71. The van der Waals surface area contributed by atoms with E-state index in [0.29, 0.717) is 18.7 Å². The van der Waals surface area contributed by atoms with Crippen molar-refractivity contribution in [2.75, 3.05) is 13.1 Å². The van der Waals surface area contributed by atoms with Gasteiger partial charge < -0.3 is 0 Å². The second-order valence-electron chi connectivity index (χ2n) is 4.14. The minimum Gasteiger partial charge on any atom is -0.255 e. The molecule has 0 bridgehead atoms. The van der Waals surface area contributed by atoms with E-state index >= 15 is 0 Å². The van der Waals surface area contributed by atoms with Gasteiger partial charge in [0.2, 0.25) is 10.0 Å². The van der Waals surface area contributed by atoms with Gasteiger partial charge in [-0.2, -0.15) is 14.7 Å². The highest BCUT2D eigenvalue weighted by Crippen LogP contribution is 2.27. The molecule has 0 atom stereocenters. The Labute approximate surface area is 118 Å². The van der Waals surface area contributed by atoms with Crippen molar-refractivity contribution in [3.05, 3.63) is 10.8 Å². The summed E-state index contributed by atoms with van der Waals surface area (Å²) in [6.07, 6.45) is 0.817. The molecule has 1 heterocycles. The molecule has 106 valence electrons. The Morgan fingerprint density at radius 3 is 2.53 bits per heavy atom. The standard InChI is InChI=1S/C11H17ClN4O2S/c1-4-7-16(8-5-6-13)19(17,18)10-9(2)14-15(3)11(10)12/h4-5,7-8H2,1-3H3. The second kappa shape index (κ2) is 6.37. The topological polar surface area (TPSA) is 79.0 Å². The molecule has 19 heavy (non-hydrogen) atoms. The highest BCUT2D eigenvalue weighted by Gasteiger charge is 2.30. The minimum absolute atomic E-state index is 0.0306. The van der Waals surface area contributed by atoms with Crippen LogP contribution in [-0.4, -0.2) is 35.6 Å². The van der Waals surface area contributed by atoms with Gasteiger partial charge in [0, 0.05) is 26.6 Å². The summed E-state index contributed by atoms with van der Waals surface area (Å²) < 4.78 is 27.7. The van der Waals surface area contributed by atoms with E-state index in [4.69, 9.17) is 16.9 Å². The van der Waals surface area contributed by atoms with Crippen LogP contribution >= 0.6 is 11.6 Å². The molecule has 0 spiro atoms. The summed E-state index contributed by atoms with van der Waals surface area (Å²) in [6, 6.07) is 1.95. The van der Waals surface area contributed by atoms with Gasteiger partial charge in [0.05, 0.1) is 11.8 Å². The molecule has 0 radical (unpaired) electrons. The lowest BCUT2D eigenvalue weighted by atomic mass is 10.4. The molecule has 6 nitrogen and oxygen atoms in total. The molecule has 0 aliphatic rings. The first kappa shape index (κ1) is 16.0. The van der Waals surface area contributed by atoms with Crippen molar-refractivity contribution < 1.29 is 8.42 Å². The summed E-state index contributed by atoms with van der Waals surface area (Å²) in [6.45, 7) is 4.01. The Kier molecular flexibility index (Phi) is 5.35. The van der Waals surface area contributed by atoms with Crippen LogP contribution in [0.1, 0.15) is 25.5 Å². The Bertz CT molecular complexity index is 589. The third kappa shape index (κ3) is 3.26. The predicted molar refractivity (Wildman–Crippen MR) is 72.2 cm³/mol. The normalized spacial score (nSPS) is 11.8. The van der Waals surface area contributed by atoms with E-state index in [0.717, 1.165) is 0 Å². The Morgan fingerprint density at radius 1 is 1.47 bits per heavy atom. The molecule has 1 rings (SSSR count). The number of hydrogen-bond acceptors (Lipinski definition) is 4. The Balaban J connectivity index is 3.23. The molecule has 1 aromatic heterocycles. The van der Waals surface area contributed by atoms with Crippen LogP contribution in [0.3, 0.4) is 0 Å². The van der Waals surface area contributed by atoms with Crippen molar-refractivity contribution in [1.82, 2.24) is 14.1 Å². The average Bonchev–Trinajstić information content (AvgIpc) is 2.58. The molecule has 0 amide bonds. The molecule has 0 fully saturated rings. The average molecular weight is 305 g/mol. The number of hydrogen-bond donors (Lipinski definition) is 0. The van der Waals surface area contributed by atoms with Crippen LogP contribution < -0.4 is 0 Å². The lowest BCUT2D eigenvalue weighted by Gasteiger charge is -2.20. The van der Waals surface area contributed by atoms with Gasteiger partial charge in [-0.1, -0.05) is 18.5 Å². The SMILES string of the molecule is CCCN(CCC#N)S(=O)(=O)c1c(C)nn(C)c1Cl. The maximum absolute atomic E-state index is 12.6. The fourth-order valence-electron chi connectivity index (χ4n) is 1.81. The van der Waals surface area contributed by atoms with E-state index in [-0.39, 0.29) is 23.0 Å². The van der Waals surface area contributed by atoms with E-state index < -0.39 is 10.0 Å². The van der Waals surface area contributed by atoms with E-state index in [1.54, 1.807) is 14.0 Å². The van der Waals surface area contributed by atoms with Crippen molar-refractivity contribution in [1.29, 1.82) is 5.26 Å². The van der Waals surface area contributed by atoms with Crippen LogP contribution in [-0.2, 0) is 17.1 Å². The van der Waals surface area contributed by atoms with Crippen LogP contribution in [0.4, 0.5) is 0 Å². The van der Waals surface area contributed by atoms with Crippen molar-refractivity contribution in [2.45, 2.75) is 31.6 Å². The summed E-state index contributed by atoms with van der Waals surface area (Å²) in [5, 5.41) is 12.7. The van der Waals surface area contributed by atoms with Crippen LogP contribution in [0.15, 0.2) is 4.90 Å². The second-order valence-corrected chi connectivity index (χ2v) is 6.37. The summed E-state index contributed by atoms with van der Waals surface area (Å²) in [5.41, 5.74) is 0.366. The van der Waals surface area contributed by atoms with Crippen LogP contribution in [0.2, 0.25) is 5.15 Å². The maximum Gasteiger partial charge on any atom is 0.248 e. The highest BCUT2D eigenvalue weighted by atomic mass is 35.5.